The second kappa shape index (κ2) is 6.05. The Morgan fingerprint density at radius 2 is 2.10 bits per heavy atom. The Kier molecular flexibility index (Phi) is 4.39. The van der Waals surface area contributed by atoms with Gasteiger partial charge in [-0.25, -0.2) is 14.4 Å². The van der Waals surface area contributed by atoms with Crippen LogP contribution in [0.3, 0.4) is 0 Å². The van der Waals surface area contributed by atoms with Crippen LogP contribution in [0.1, 0.15) is 12.6 Å². The number of aryl methyl sites for hydroxylation is 1. The van der Waals surface area contributed by atoms with E-state index in [1.807, 2.05) is 6.92 Å². The van der Waals surface area contributed by atoms with Gasteiger partial charge in [-0.2, -0.15) is 0 Å². The first-order valence-corrected chi connectivity index (χ1v) is 6.57. The van der Waals surface area contributed by atoms with Gasteiger partial charge in [0.2, 0.25) is 0 Å². The molecule has 0 bridgehead atoms. The van der Waals surface area contributed by atoms with Gasteiger partial charge in [-0.1, -0.05) is 17.7 Å². The van der Waals surface area contributed by atoms with Crippen molar-refractivity contribution in [1.82, 2.24) is 9.97 Å². The van der Waals surface area contributed by atoms with Crippen molar-refractivity contribution in [1.29, 1.82) is 0 Å². The van der Waals surface area contributed by atoms with E-state index in [9.17, 15) is 4.39 Å². The number of nitrogens with zero attached hydrogens (tertiary/aromatic N) is 2. The second-order valence-corrected chi connectivity index (χ2v) is 4.55. The van der Waals surface area contributed by atoms with Gasteiger partial charge < -0.3 is 10.1 Å². The fourth-order valence-corrected chi connectivity index (χ4v) is 2.10. The van der Waals surface area contributed by atoms with Gasteiger partial charge in [0.1, 0.15) is 5.75 Å². The molecule has 0 spiro atoms. The van der Waals surface area contributed by atoms with Crippen LogP contribution in [0.2, 0.25) is 5.02 Å². The molecule has 1 N–H and O–H groups in total. The van der Waals surface area contributed by atoms with Crippen LogP contribution in [0.4, 0.5) is 10.2 Å². The van der Waals surface area contributed by atoms with Gasteiger partial charge in [0.05, 0.1) is 23.4 Å². The number of halogens is 2. The van der Waals surface area contributed by atoms with Crippen LogP contribution in [-0.4, -0.2) is 23.6 Å². The smallest absolute Gasteiger partial charge is 0.186 e. The van der Waals surface area contributed by atoms with Crippen LogP contribution in [0.25, 0.3) is 11.4 Å². The molecule has 0 aliphatic heterocycles. The summed E-state index contributed by atoms with van der Waals surface area (Å²) in [5.41, 5.74) is 0.812. The standard InChI is InChI=1S/C14H15ClFN3O/c1-4-17-14-12(16)8(2)18-13(19-14)11-9(15)6-5-7-10(11)20-3/h5-7H,4H2,1-3H3,(H,17,18,19). The number of methoxy groups -OCH3 is 1. The Balaban J connectivity index is 2.64. The number of anilines is 1. The predicted octanol–water partition coefficient (Wildman–Crippen LogP) is 3.68. The summed E-state index contributed by atoms with van der Waals surface area (Å²) in [6, 6.07) is 5.25. The molecule has 0 atom stereocenters. The maximum absolute atomic E-state index is 13.9. The van der Waals surface area contributed by atoms with Crippen LogP contribution >= 0.6 is 11.6 Å². The van der Waals surface area contributed by atoms with Crippen molar-refractivity contribution in [3.8, 4) is 17.1 Å². The maximum Gasteiger partial charge on any atom is 0.186 e. The topological polar surface area (TPSA) is 47.0 Å². The minimum atomic E-state index is -0.457. The van der Waals surface area contributed by atoms with Crippen molar-refractivity contribution in [2.24, 2.45) is 0 Å². The van der Waals surface area contributed by atoms with Gasteiger partial charge in [-0.3, -0.25) is 0 Å². The molecule has 1 aromatic carbocycles. The minimum Gasteiger partial charge on any atom is -0.496 e. The number of benzene rings is 1. The van der Waals surface area contributed by atoms with Crippen molar-refractivity contribution >= 4 is 17.4 Å². The summed E-state index contributed by atoms with van der Waals surface area (Å²) < 4.78 is 19.2. The average Bonchev–Trinajstić information content (AvgIpc) is 2.43. The van der Waals surface area contributed by atoms with E-state index in [2.05, 4.69) is 15.3 Å². The molecule has 1 aromatic heterocycles. The quantitative estimate of drug-likeness (QED) is 0.934. The first kappa shape index (κ1) is 14.5. The third-order valence-corrected chi connectivity index (χ3v) is 3.09. The van der Waals surface area contributed by atoms with Gasteiger partial charge in [0, 0.05) is 6.54 Å². The summed E-state index contributed by atoms with van der Waals surface area (Å²) in [5, 5.41) is 3.33. The highest BCUT2D eigenvalue weighted by Crippen LogP contribution is 2.35. The number of nitrogens with one attached hydrogen (secondary N) is 1. The molecule has 0 aliphatic rings. The molecule has 0 amide bonds. The average molecular weight is 296 g/mol. The lowest BCUT2D eigenvalue weighted by molar-refractivity contribution is 0.416. The van der Waals surface area contributed by atoms with Gasteiger partial charge in [0.25, 0.3) is 0 Å². The molecule has 1 heterocycles. The van der Waals surface area contributed by atoms with Crippen LogP contribution < -0.4 is 10.1 Å². The SMILES string of the molecule is CCNc1nc(-c2c(Cl)cccc2OC)nc(C)c1F. The number of aromatic nitrogens is 2. The second-order valence-electron chi connectivity index (χ2n) is 4.14. The zero-order valence-corrected chi connectivity index (χ0v) is 12.3. The molecule has 0 radical (unpaired) electrons. The lowest BCUT2D eigenvalue weighted by Crippen LogP contribution is -2.07. The Bertz CT molecular complexity index is 634. The van der Waals surface area contributed by atoms with Crippen molar-refractivity contribution in [2.75, 3.05) is 19.0 Å². The highest BCUT2D eigenvalue weighted by molar-refractivity contribution is 6.33. The fraction of sp³-hybridized carbons (Fsp3) is 0.286. The van der Waals surface area contributed by atoms with Crippen molar-refractivity contribution < 1.29 is 9.13 Å². The zero-order chi connectivity index (χ0) is 14.7. The fourth-order valence-electron chi connectivity index (χ4n) is 1.85. The molecule has 2 rings (SSSR count). The van der Waals surface area contributed by atoms with Crippen molar-refractivity contribution in [3.63, 3.8) is 0 Å². The third kappa shape index (κ3) is 2.67. The maximum atomic E-state index is 13.9. The minimum absolute atomic E-state index is 0.164. The van der Waals surface area contributed by atoms with E-state index in [-0.39, 0.29) is 11.5 Å². The summed E-state index contributed by atoms with van der Waals surface area (Å²) in [6.45, 7) is 4.02. The van der Waals surface area contributed by atoms with Crippen LogP contribution in [-0.2, 0) is 0 Å². The van der Waals surface area contributed by atoms with Gasteiger partial charge in [0.15, 0.2) is 17.5 Å². The Morgan fingerprint density at radius 1 is 1.35 bits per heavy atom. The molecule has 0 unspecified atom stereocenters. The van der Waals surface area contributed by atoms with E-state index in [0.717, 1.165) is 0 Å². The molecule has 2 aromatic rings. The Hall–Kier alpha value is -1.88. The Morgan fingerprint density at radius 3 is 2.75 bits per heavy atom. The molecule has 20 heavy (non-hydrogen) atoms. The van der Waals surface area contributed by atoms with Crippen LogP contribution in [0.15, 0.2) is 18.2 Å². The van der Waals surface area contributed by atoms with Gasteiger partial charge in [-0.05, 0) is 26.0 Å². The molecule has 6 heteroatoms. The summed E-state index contributed by atoms with van der Waals surface area (Å²) in [7, 11) is 1.54. The highest BCUT2D eigenvalue weighted by atomic mass is 35.5. The van der Waals surface area contributed by atoms with E-state index >= 15 is 0 Å². The zero-order valence-electron chi connectivity index (χ0n) is 11.5. The van der Waals surface area contributed by atoms with Gasteiger partial charge in [-0.15, -0.1) is 0 Å². The van der Waals surface area contributed by atoms with E-state index < -0.39 is 5.82 Å². The molecule has 106 valence electrons. The molecule has 0 saturated carbocycles. The number of hydrogen-bond acceptors (Lipinski definition) is 4. The number of rotatable bonds is 4. The summed E-state index contributed by atoms with van der Waals surface area (Å²) in [4.78, 5) is 8.37. The normalized spacial score (nSPS) is 10.4. The summed E-state index contributed by atoms with van der Waals surface area (Å²) >= 11 is 6.19. The molecule has 0 fully saturated rings. The van der Waals surface area contributed by atoms with Crippen LogP contribution in [0, 0.1) is 12.7 Å². The molecule has 0 aliphatic carbocycles. The van der Waals surface area contributed by atoms with E-state index in [0.29, 0.717) is 28.7 Å². The lowest BCUT2D eigenvalue weighted by atomic mass is 10.1. The number of hydrogen-bond donors (Lipinski definition) is 1. The van der Waals surface area contributed by atoms with Crippen molar-refractivity contribution in [3.05, 3.63) is 34.7 Å². The first-order valence-electron chi connectivity index (χ1n) is 6.19. The first-order chi connectivity index (χ1) is 9.58. The van der Waals surface area contributed by atoms with E-state index in [4.69, 9.17) is 16.3 Å². The van der Waals surface area contributed by atoms with Crippen LogP contribution in [0.5, 0.6) is 5.75 Å². The lowest BCUT2D eigenvalue weighted by Gasteiger charge is -2.12. The van der Waals surface area contributed by atoms with E-state index in [1.54, 1.807) is 25.1 Å². The predicted molar refractivity (Wildman–Crippen MR) is 77.9 cm³/mol. The molecule has 0 saturated heterocycles. The molecule has 4 nitrogen and oxygen atoms in total. The highest BCUT2D eigenvalue weighted by Gasteiger charge is 2.17. The third-order valence-electron chi connectivity index (χ3n) is 2.78. The van der Waals surface area contributed by atoms with Crippen molar-refractivity contribution in [2.45, 2.75) is 13.8 Å². The summed E-state index contributed by atoms with van der Waals surface area (Å²) in [5.74, 6) is 0.590. The monoisotopic (exact) mass is 295 g/mol. The number of ether oxygens (including phenoxy) is 1. The van der Waals surface area contributed by atoms with Gasteiger partial charge >= 0.3 is 0 Å². The van der Waals surface area contributed by atoms with E-state index in [1.165, 1.54) is 7.11 Å². The molecular formula is C14H15ClFN3O. The summed E-state index contributed by atoms with van der Waals surface area (Å²) in [6.07, 6.45) is 0. The largest absolute Gasteiger partial charge is 0.496 e. The Labute approximate surface area is 122 Å². The molecular weight excluding hydrogens is 281 g/mol.